The molecule has 5 N–H and O–H groups in total. The molecule has 5 aliphatic carbocycles. The van der Waals surface area contributed by atoms with E-state index < -0.39 is 76.4 Å². The molecule has 0 unspecified atom stereocenters. The summed E-state index contributed by atoms with van der Waals surface area (Å²) >= 11 is 0. The van der Waals surface area contributed by atoms with Crippen molar-refractivity contribution in [1.82, 2.24) is 4.90 Å². The number of aliphatic hydroxyl groups is 5. The molecule has 200 valence electrons. The van der Waals surface area contributed by atoms with Gasteiger partial charge >= 0.3 is 0 Å². The zero-order valence-electron chi connectivity index (χ0n) is 21.2. The second-order valence-electron chi connectivity index (χ2n) is 12.1. The lowest BCUT2D eigenvalue weighted by molar-refractivity contribution is -0.320. The molecular weight excluding hydrogens is 458 g/mol. The third-order valence-electron chi connectivity index (χ3n) is 11.7. The van der Waals surface area contributed by atoms with E-state index in [0.717, 1.165) is 0 Å². The SMILES string of the molecule is CCN1C[C@]2(COC)[C@H](O)C[C@H](OC)[C@@]34[C@H]5C[C@@]6(O)[C@H](O)[C@@H]5[C@@](O)([C@@H]([C@H](OC)[C@@H]23)[C@@H]14)[C@@H](O)[C@@H]6OC. The number of methoxy groups -OCH3 is 4. The fourth-order valence-corrected chi connectivity index (χ4v) is 11.0. The first kappa shape index (κ1) is 24.9. The molecule has 0 aromatic carbocycles. The lowest BCUT2D eigenvalue weighted by atomic mass is 9.42. The van der Waals surface area contributed by atoms with Crippen LogP contribution in [0, 0.1) is 34.5 Å². The van der Waals surface area contributed by atoms with Crippen LogP contribution >= 0.6 is 0 Å². The number of fused-ring (bicyclic) bond motifs is 2. The van der Waals surface area contributed by atoms with Crippen molar-refractivity contribution in [3.05, 3.63) is 0 Å². The highest BCUT2D eigenvalue weighted by atomic mass is 16.5. The van der Waals surface area contributed by atoms with Crippen LogP contribution in [0.4, 0.5) is 0 Å². The highest BCUT2D eigenvalue weighted by Crippen LogP contribution is 2.79. The first-order valence-corrected chi connectivity index (χ1v) is 12.9. The summed E-state index contributed by atoms with van der Waals surface area (Å²) in [6.07, 6.45) is -4.95. The van der Waals surface area contributed by atoms with Crippen molar-refractivity contribution < 1.29 is 44.5 Å². The maximum atomic E-state index is 12.6. The fourth-order valence-electron chi connectivity index (χ4n) is 11.0. The number of aliphatic hydroxyl groups excluding tert-OH is 3. The average Bonchev–Trinajstić information content (AvgIpc) is 3.19. The molecule has 35 heavy (non-hydrogen) atoms. The summed E-state index contributed by atoms with van der Waals surface area (Å²) in [5.74, 6) is -2.04. The Balaban J connectivity index is 1.68. The third kappa shape index (κ3) is 2.35. The summed E-state index contributed by atoms with van der Waals surface area (Å²) in [6, 6.07) is -0.240. The van der Waals surface area contributed by atoms with Crippen molar-refractivity contribution in [2.45, 2.75) is 73.6 Å². The molecule has 0 aromatic rings. The van der Waals surface area contributed by atoms with E-state index in [1.165, 1.54) is 7.11 Å². The average molecular weight is 500 g/mol. The van der Waals surface area contributed by atoms with Crippen molar-refractivity contribution in [3.8, 4) is 0 Å². The van der Waals surface area contributed by atoms with Gasteiger partial charge in [0.2, 0.25) is 0 Å². The largest absolute Gasteiger partial charge is 0.392 e. The number of rotatable bonds is 6. The third-order valence-corrected chi connectivity index (χ3v) is 11.7. The summed E-state index contributed by atoms with van der Waals surface area (Å²) < 4.78 is 23.7. The number of nitrogens with zero attached hydrogens (tertiary/aromatic N) is 1. The molecule has 7 bridgehead atoms. The zero-order chi connectivity index (χ0) is 25.3. The molecule has 0 amide bonds. The van der Waals surface area contributed by atoms with Crippen molar-refractivity contribution >= 4 is 0 Å². The van der Waals surface area contributed by atoms with Crippen LogP contribution in [0.25, 0.3) is 0 Å². The Kier molecular flexibility index (Phi) is 5.40. The molecule has 1 aliphatic heterocycles. The van der Waals surface area contributed by atoms with Crippen molar-refractivity contribution in [1.29, 1.82) is 0 Å². The van der Waals surface area contributed by atoms with E-state index in [-0.39, 0.29) is 18.4 Å². The predicted octanol–water partition coefficient (Wildman–Crippen LogP) is -1.79. The molecule has 1 saturated heterocycles. The number of hydrogen-bond acceptors (Lipinski definition) is 10. The van der Waals surface area contributed by atoms with Crippen LogP contribution in [0.5, 0.6) is 0 Å². The second-order valence-corrected chi connectivity index (χ2v) is 12.1. The van der Waals surface area contributed by atoms with Crippen LogP contribution in [-0.4, -0.2) is 132 Å². The standard InChI is InChI=1S/C25H41NO9/c1-6-26-9-22(10-32-2)12(27)7-13(33-3)24-11-8-23(30)19(28)14(11)25(31,20(29)21(23)35-5)15(18(24)26)16(34-4)17(22)24/h11-21,27-31H,6-10H2,1-5H3/t11-,12+,13-,14+,15-,16-,17-,18+,19+,20-,21-,22-,23+,24-,25+/m0/s1. The van der Waals surface area contributed by atoms with Crippen molar-refractivity contribution in [2.75, 3.05) is 48.1 Å². The van der Waals surface area contributed by atoms with Crippen LogP contribution in [0.15, 0.2) is 0 Å². The van der Waals surface area contributed by atoms with Gasteiger partial charge in [-0.2, -0.15) is 0 Å². The number of likely N-dealkylation sites (tertiary alicyclic amines) is 1. The monoisotopic (exact) mass is 499 g/mol. The van der Waals surface area contributed by atoms with Crippen LogP contribution in [0.2, 0.25) is 0 Å². The molecule has 1 heterocycles. The summed E-state index contributed by atoms with van der Waals surface area (Å²) in [5.41, 5.74) is -4.81. The second kappa shape index (κ2) is 7.59. The van der Waals surface area contributed by atoms with Gasteiger partial charge in [0.05, 0.1) is 31.0 Å². The minimum atomic E-state index is -1.76. The molecule has 6 aliphatic rings. The van der Waals surface area contributed by atoms with Crippen molar-refractivity contribution in [2.24, 2.45) is 34.5 Å². The quantitative estimate of drug-likeness (QED) is 0.285. The van der Waals surface area contributed by atoms with Crippen molar-refractivity contribution in [3.63, 3.8) is 0 Å². The molecule has 15 atom stereocenters. The van der Waals surface area contributed by atoms with Gasteiger partial charge < -0.3 is 44.5 Å². The molecule has 0 radical (unpaired) electrons. The Bertz CT molecular complexity index is 878. The Hall–Kier alpha value is -0.400. The lowest BCUT2D eigenvalue weighted by Gasteiger charge is -2.70. The van der Waals surface area contributed by atoms with Gasteiger partial charge in [0.1, 0.15) is 23.4 Å². The number of ether oxygens (including phenoxy) is 4. The molecule has 6 fully saturated rings. The number of hydrogen-bond donors (Lipinski definition) is 5. The van der Waals surface area contributed by atoms with E-state index in [2.05, 4.69) is 11.8 Å². The van der Waals surface area contributed by atoms with Gasteiger partial charge in [-0.05, 0) is 18.9 Å². The Morgan fingerprint density at radius 2 is 1.66 bits per heavy atom. The Labute approximate surface area is 206 Å². The minimum Gasteiger partial charge on any atom is -0.392 e. The van der Waals surface area contributed by atoms with Gasteiger partial charge in [-0.25, -0.2) is 0 Å². The number of piperidine rings is 1. The minimum absolute atomic E-state index is 0.156. The molecule has 6 rings (SSSR count). The van der Waals surface area contributed by atoms with E-state index >= 15 is 0 Å². The molecule has 5 saturated carbocycles. The van der Waals surface area contributed by atoms with Gasteiger partial charge in [0.25, 0.3) is 0 Å². The van der Waals surface area contributed by atoms with Gasteiger partial charge in [-0.15, -0.1) is 0 Å². The summed E-state index contributed by atoms with van der Waals surface area (Å²) in [7, 11) is 6.29. The van der Waals surface area contributed by atoms with E-state index in [4.69, 9.17) is 18.9 Å². The molecule has 10 heteroatoms. The van der Waals surface area contributed by atoms with Crippen LogP contribution < -0.4 is 0 Å². The van der Waals surface area contributed by atoms with E-state index in [0.29, 0.717) is 26.1 Å². The van der Waals surface area contributed by atoms with Gasteiger partial charge in [-0.3, -0.25) is 4.90 Å². The van der Waals surface area contributed by atoms with Gasteiger partial charge in [-0.1, -0.05) is 6.92 Å². The molecule has 0 aromatic heterocycles. The summed E-state index contributed by atoms with van der Waals surface area (Å²) in [4.78, 5) is 2.29. The van der Waals surface area contributed by atoms with E-state index in [1.54, 1.807) is 21.3 Å². The van der Waals surface area contributed by atoms with Crippen LogP contribution in [0.1, 0.15) is 19.8 Å². The Morgan fingerprint density at radius 1 is 0.943 bits per heavy atom. The zero-order valence-corrected chi connectivity index (χ0v) is 21.2. The molecular formula is C25H41NO9. The van der Waals surface area contributed by atoms with E-state index in [9.17, 15) is 25.5 Å². The molecule has 10 nitrogen and oxygen atoms in total. The first-order chi connectivity index (χ1) is 16.6. The van der Waals surface area contributed by atoms with Crippen LogP contribution in [0.3, 0.4) is 0 Å². The maximum absolute atomic E-state index is 12.6. The normalized spacial score (nSPS) is 62.4. The Morgan fingerprint density at radius 3 is 2.23 bits per heavy atom. The van der Waals surface area contributed by atoms with E-state index in [1.807, 2.05) is 0 Å². The fraction of sp³-hybridized carbons (Fsp3) is 1.00. The predicted molar refractivity (Wildman–Crippen MR) is 121 cm³/mol. The highest BCUT2D eigenvalue weighted by molar-refractivity contribution is 5.39. The summed E-state index contributed by atoms with van der Waals surface area (Å²) in [6.45, 7) is 3.58. The van der Waals surface area contributed by atoms with Crippen LogP contribution in [-0.2, 0) is 18.9 Å². The first-order valence-electron chi connectivity index (χ1n) is 12.9. The topological polar surface area (TPSA) is 141 Å². The summed E-state index contributed by atoms with van der Waals surface area (Å²) in [5, 5.41) is 59.3. The molecule has 1 spiro atoms. The van der Waals surface area contributed by atoms with Gasteiger partial charge in [0, 0.05) is 76.0 Å². The highest BCUT2D eigenvalue weighted by Gasteiger charge is 2.90. The van der Waals surface area contributed by atoms with Gasteiger partial charge in [0.15, 0.2) is 0 Å². The smallest absolute Gasteiger partial charge is 0.120 e. The lowest BCUT2D eigenvalue weighted by Crippen LogP contribution is -2.81. The maximum Gasteiger partial charge on any atom is 0.120 e.